The molecule has 1 heterocycles. The van der Waals surface area contributed by atoms with Crippen molar-refractivity contribution in [1.82, 2.24) is 4.90 Å². The number of amides is 1. The third-order valence-corrected chi connectivity index (χ3v) is 4.46. The Morgan fingerprint density at radius 2 is 1.68 bits per heavy atom. The molecule has 1 N–H and O–H groups in total. The van der Waals surface area contributed by atoms with E-state index in [4.69, 9.17) is 9.84 Å². The van der Waals surface area contributed by atoms with Crippen LogP contribution >= 0.6 is 0 Å². The summed E-state index contributed by atoms with van der Waals surface area (Å²) >= 11 is 0. The first-order valence-corrected chi connectivity index (χ1v) is 8.33. The van der Waals surface area contributed by atoms with Gasteiger partial charge in [0.05, 0.1) is 0 Å². The summed E-state index contributed by atoms with van der Waals surface area (Å²) in [6.45, 7) is 0.446. The van der Waals surface area contributed by atoms with E-state index >= 15 is 0 Å². The molecule has 1 fully saturated rings. The number of benzene rings is 2. The fraction of sp³-hybridized carbons (Fsp3) is 0.300. The second kappa shape index (κ2) is 7.49. The molecule has 0 bridgehead atoms. The molecule has 25 heavy (non-hydrogen) atoms. The molecule has 5 heteroatoms. The van der Waals surface area contributed by atoms with Crippen molar-refractivity contribution in [3.8, 4) is 11.1 Å². The Labute approximate surface area is 146 Å². The third-order valence-electron chi connectivity index (χ3n) is 4.46. The lowest BCUT2D eigenvalue weighted by molar-refractivity contribution is -0.154. The van der Waals surface area contributed by atoms with Crippen molar-refractivity contribution < 1.29 is 19.4 Å². The van der Waals surface area contributed by atoms with Crippen LogP contribution in [0.3, 0.4) is 0 Å². The summed E-state index contributed by atoms with van der Waals surface area (Å²) in [5.41, 5.74) is 3.22. The minimum absolute atomic E-state index is 0.174. The van der Waals surface area contributed by atoms with Crippen LogP contribution < -0.4 is 0 Å². The van der Waals surface area contributed by atoms with Crippen LogP contribution in [-0.4, -0.2) is 41.1 Å². The fourth-order valence-electron chi connectivity index (χ4n) is 3.14. The monoisotopic (exact) mass is 339 g/mol. The van der Waals surface area contributed by atoms with Gasteiger partial charge in [0, 0.05) is 13.6 Å². The molecule has 1 saturated heterocycles. The molecule has 1 aliphatic rings. The SMILES string of the molecule is CN(Cc1ccccc1-c1ccccc1)C(=O)[C@@H]1CC[C@H](C(=O)O)O1. The van der Waals surface area contributed by atoms with Crippen LogP contribution in [0.15, 0.2) is 54.6 Å². The van der Waals surface area contributed by atoms with Gasteiger partial charge in [-0.2, -0.15) is 0 Å². The predicted octanol–water partition coefficient (Wildman–Crippen LogP) is 2.94. The molecule has 5 nitrogen and oxygen atoms in total. The Kier molecular flexibility index (Phi) is 5.14. The molecule has 0 unspecified atom stereocenters. The molecule has 3 rings (SSSR count). The lowest BCUT2D eigenvalue weighted by atomic mass is 9.99. The number of carbonyl (C=O) groups is 2. The van der Waals surface area contributed by atoms with Gasteiger partial charge in [0.2, 0.25) is 0 Å². The van der Waals surface area contributed by atoms with Crippen LogP contribution in [0.1, 0.15) is 18.4 Å². The highest BCUT2D eigenvalue weighted by Gasteiger charge is 2.36. The Balaban J connectivity index is 1.73. The highest BCUT2D eigenvalue weighted by molar-refractivity contribution is 5.82. The van der Waals surface area contributed by atoms with Crippen molar-refractivity contribution in [1.29, 1.82) is 0 Å². The maximum atomic E-state index is 12.6. The van der Waals surface area contributed by atoms with Crippen molar-refractivity contribution >= 4 is 11.9 Å². The number of carboxylic acid groups (broad SMARTS) is 1. The maximum absolute atomic E-state index is 12.6. The lowest BCUT2D eigenvalue weighted by Gasteiger charge is -2.22. The molecule has 130 valence electrons. The Hall–Kier alpha value is -2.66. The number of hydrogen-bond donors (Lipinski definition) is 1. The lowest BCUT2D eigenvalue weighted by Crippen LogP contribution is -2.36. The highest BCUT2D eigenvalue weighted by atomic mass is 16.5. The summed E-state index contributed by atoms with van der Waals surface area (Å²) in [5.74, 6) is -1.18. The van der Waals surface area contributed by atoms with E-state index in [2.05, 4.69) is 0 Å². The van der Waals surface area contributed by atoms with Gasteiger partial charge in [-0.25, -0.2) is 4.79 Å². The summed E-state index contributed by atoms with van der Waals surface area (Å²) in [6.07, 6.45) is -0.727. The third kappa shape index (κ3) is 3.88. The predicted molar refractivity (Wildman–Crippen MR) is 93.9 cm³/mol. The van der Waals surface area contributed by atoms with Gasteiger partial charge < -0.3 is 14.7 Å². The van der Waals surface area contributed by atoms with Gasteiger partial charge in [-0.1, -0.05) is 54.6 Å². The molecular formula is C20H21NO4. The number of likely N-dealkylation sites (N-methyl/N-ethyl adjacent to an activating group) is 1. The Morgan fingerprint density at radius 3 is 2.36 bits per heavy atom. The topological polar surface area (TPSA) is 66.8 Å². The number of ether oxygens (including phenoxy) is 1. The summed E-state index contributed by atoms with van der Waals surface area (Å²) in [6, 6.07) is 18.0. The van der Waals surface area contributed by atoms with Gasteiger partial charge in [0.1, 0.15) is 6.10 Å². The summed E-state index contributed by atoms with van der Waals surface area (Å²) in [5, 5.41) is 9.00. The highest BCUT2D eigenvalue weighted by Crippen LogP contribution is 2.26. The van der Waals surface area contributed by atoms with Gasteiger partial charge in [0.25, 0.3) is 5.91 Å². The quantitative estimate of drug-likeness (QED) is 0.909. The van der Waals surface area contributed by atoms with Crippen molar-refractivity contribution in [3.63, 3.8) is 0 Å². The van der Waals surface area contributed by atoms with E-state index in [-0.39, 0.29) is 5.91 Å². The van der Waals surface area contributed by atoms with Crippen LogP contribution in [-0.2, 0) is 20.9 Å². The minimum atomic E-state index is -1.01. The van der Waals surface area contributed by atoms with Gasteiger partial charge in [-0.3, -0.25) is 4.79 Å². The molecular weight excluding hydrogens is 318 g/mol. The number of rotatable bonds is 5. The molecule has 0 radical (unpaired) electrons. The molecule has 2 aromatic carbocycles. The van der Waals surface area contributed by atoms with E-state index in [9.17, 15) is 9.59 Å². The van der Waals surface area contributed by atoms with E-state index in [1.807, 2.05) is 54.6 Å². The first kappa shape index (κ1) is 17.2. The average Bonchev–Trinajstić information content (AvgIpc) is 3.12. The van der Waals surface area contributed by atoms with Crippen LogP contribution in [0.2, 0.25) is 0 Å². The average molecular weight is 339 g/mol. The minimum Gasteiger partial charge on any atom is -0.479 e. The van der Waals surface area contributed by atoms with Crippen LogP contribution in [0.25, 0.3) is 11.1 Å². The first-order valence-electron chi connectivity index (χ1n) is 8.33. The van der Waals surface area contributed by atoms with E-state index < -0.39 is 18.2 Å². The van der Waals surface area contributed by atoms with Crippen LogP contribution in [0, 0.1) is 0 Å². The number of carbonyl (C=O) groups excluding carboxylic acids is 1. The zero-order valence-electron chi connectivity index (χ0n) is 14.1. The Bertz CT molecular complexity index is 759. The second-order valence-electron chi connectivity index (χ2n) is 6.25. The van der Waals surface area contributed by atoms with Gasteiger partial charge in [0.15, 0.2) is 6.10 Å². The smallest absolute Gasteiger partial charge is 0.332 e. The maximum Gasteiger partial charge on any atom is 0.332 e. The molecule has 1 aliphatic heterocycles. The van der Waals surface area contributed by atoms with E-state index in [0.717, 1.165) is 16.7 Å². The van der Waals surface area contributed by atoms with Crippen LogP contribution in [0.5, 0.6) is 0 Å². The summed E-state index contributed by atoms with van der Waals surface area (Å²) in [7, 11) is 1.72. The second-order valence-corrected chi connectivity index (χ2v) is 6.25. The van der Waals surface area contributed by atoms with Crippen molar-refractivity contribution in [2.24, 2.45) is 0 Å². The van der Waals surface area contributed by atoms with E-state index in [1.54, 1.807) is 11.9 Å². The van der Waals surface area contributed by atoms with Gasteiger partial charge >= 0.3 is 5.97 Å². The van der Waals surface area contributed by atoms with Crippen molar-refractivity contribution in [2.45, 2.75) is 31.6 Å². The molecule has 0 aliphatic carbocycles. The zero-order chi connectivity index (χ0) is 17.8. The Morgan fingerprint density at radius 1 is 1.04 bits per heavy atom. The van der Waals surface area contributed by atoms with E-state index in [1.165, 1.54) is 0 Å². The van der Waals surface area contributed by atoms with Gasteiger partial charge in [-0.15, -0.1) is 0 Å². The molecule has 0 saturated carbocycles. The molecule has 1 amide bonds. The molecule has 2 atom stereocenters. The number of hydrogen-bond acceptors (Lipinski definition) is 3. The van der Waals surface area contributed by atoms with Crippen LogP contribution in [0.4, 0.5) is 0 Å². The van der Waals surface area contributed by atoms with Crippen molar-refractivity contribution in [3.05, 3.63) is 60.2 Å². The standard InChI is InChI=1S/C20H21NO4/c1-21(19(22)17-11-12-18(25-17)20(23)24)13-15-9-5-6-10-16(15)14-7-3-2-4-8-14/h2-10,17-18H,11-13H2,1H3,(H,23,24)/t17-,18+/m0/s1. The number of aliphatic carboxylic acids is 1. The molecule has 2 aromatic rings. The van der Waals surface area contributed by atoms with Crippen molar-refractivity contribution in [2.75, 3.05) is 7.05 Å². The fourth-order valence-corrected chi connectivity index (χ4v) is 3.14. The molecule has 0 spiro atoms. The molecule has 0 aromatic heterocycles. The summed E-state index contributed by atoms with van der Waals surface area (Å²) < 4.78 is 5.37. The normalized spacial score (nSPS) is 19.6. The first-order chi connectivity index (χ1) is 12.1. The number of carboxylic acids is 1. The summed E-state index contributed by atoms with van der Waals surface area (Å²) in [4.78, 5) is 25.2. The van der Waals surface area contributed by atoms with E-state index in [0.29, 0.717) is 19.4 Å². The zero-order valence-corrected chi connectivity index (χ0v) is 14.1. The largest absolute Gasteiger partial charge is 0.479 e. The van der Waals surface area contributed by atoms with Gasteiger partial charge in [-0.05, 0) is 29.5 Å². The number of nitrogens with zero attached hydrogens (tertiary/aromatic N) is 1.